The van der Waals surface area contributed by atoms with Crippen LogP contribution in [0.5, 0.6) is 11.5 Å². The predicted octanol–water partition coefficient (Wildman–Crippen LogP) is 12.4. The van der Waals surface area contributed by atoms with Crippen molar-refractivity contribution in [3.05, 3.63) is 107 Å². The number of rotatable bonds is 20. The van der Waals surface area contributed by atoms with Gasteiger partial charge in [0.25, 0.3) is 0 Å². The first-order valence-corrected chi connectivity index (χ1v) is 30.5. The third-order valence-corrected chi connectivity index (χ3v) is 14.2. The van der Waals surface area contributed by atoms with E-state index >= 15 is 9.59 Å². The summed E-state index contributed by atoms with van der Waals surface area (Å²) in [5.41, 5.74) is -0.265. The van der Waals surface area contributed by atoms with Crippen LogP contribution >= 0.6 is 11.6 Å². The van der Waals surface area contributed by atoms with Crippen molar-refractivity contribution in [3.8, 4) is 33.8 Å². The molecule has 0 fully saturated rings. The number of esters is 1. The summed E-state index contributed by atoms with van der Waals surface area (Å²) >= 11 is 6.15. The normalized spacial score (nSPS) is 15.8. The van der Waals surface area contributed by atoms with Gasteiger partial charge in [0.1, 0.15) is 52.6 Å². The number of carbonyl (C=O) groups is 9. The standard InChI is InChI=1S/C68H90ClN5O16/c1-42-37-54(76)57(73(15)59(78)48(19-17-18-32-70-61(80)87-65(2,3)4)41-53(75)46-23-21-44(22-24-46)45-25-28-49(69)29-26-45)47-27-31-55(85-36-35-74(63(82)89-67(8,9)10)34-33-72(14)62(81)88-66(5,6)7)51(40-47)50-38-43(39-52(60(79)84-16)71-58(42)77)20-30-56(50)86-64(83)90-68(11,12)13/h20-31,38,40,42,48,52,57H,17-19,32-37,39,41H2,1-16H3,(H,70,80)(H,71,77)/t42-,48-,52+,57+/m1/s1. The van der Waals surface area contributed by atoms with Crippen molar-refractivity contribution in [2.75, 3.05) is 54.0 Å². The number of halogens is 1. The number of fused-ring (bicyclic) bond motifs is 5. The Morgan fingerprint density at radius 2 is 1.24 bits per heavy atom. The van der Waals surface area contributed by atoms with Gasteiger partial charge in [-0.1, -0.05) is 73.5 Å². The van der Waals surface area contributed by atoms with Crippen LogP contribution in [0.25, 0.3) is 22.3 Å². The number of hydrogen-bond acceptors (Lipinski definition) is 16. The van der Waals surface area contributed by atoms with Gasteiger partial charge in [0.15, 0.2) is 11.6 Å². The van der Waals surface area contributed by atoms with Crippen LogP contribution in [0.1, 0.15) is 150 Å². The van der Waals surface area contributed by atoms with Crippen LogP contribution in [0, 0.1) is 11.8 Å². The highest BCUT2D eigenvalue weighted by atomic mass is 35.5. The van der Waals surface area contributed by atoms with Crippen molar-refractivity contribution in [2.45, 2.75) is 163 Å². The van der Waals surface area contributed by atoms with E-state index in [0.717, 1.165) is 11.1 Å². The summed E-state index contributed by atoms with van der Waals surface area (Å²) < 4.78 is 40.0. The number of nitrogens with one attached hydrogen (secondary N) is 2. The Bertz CT molecular complexity index is 3190. The number of ketones is 2. The molecule has 490 valence electrons. The topological polar surface area (TPSA) is 252 Å². The van der Waals surface area contributed by atoms with Crippen molar-refractivity contribution < 1.29 is 76.3 Å². The molecule has 0 radical (unpaired) electrons. The fraction of sp³-hybridized carbons (Fsp3) is 0.515. The molecular weight excluding hydrogens is 1180 g/mol. The van der Waals surface area contributed by atoms with E-state index in [1.165, 1.54) is 41.8 Å². The van der Waals surface area contributed by atoms with Gasteiger partial charge in [0.05, 0.1) is 13.7 Å². The molecule has 4 atom stereocenters. The molecule has 4 bridgehead atoms. The minimum absolute atomic E-state index is 0.00236. The van der Waals surface area contributed by atoms with Gasteiger partial charge in [-0.2, -0.15) is 0 Å². The van der Waals surface area contributed by atoms with E-state index in [2.05, 4.69) is 10.6 Å². The number of nitrogens with zero attached hydrogens (tertiary/aromatic N) is 3. The molecule has 5 amide bonds. The van der Waals surface area contributed by atoms with Gasteiger partial charge in [-0.15, -0.1) is 0 Å². The molecule has 0 spiro atoms. The maximum atomic E-state index is 15.5. The van der Waals surface area contributed by atoms with Gasteiger partial charge >= 0.3 is 30.4 Å². The minimum Gasteiger partial charge on any atom is -0.491 e. The fourth-order valence-corrected chi connectivity index (χ4v) is 9.73. The van der Waals surface area contributed by atoms with Crippen molar-refractivity contribution in [2.24, 2.45) is 11.8 Å². The highest BCUT2D eigenvalue weighted by Gasteiger charge is 2.37. The number of likely N-dealkylation sites (N-methyl/N-ethyl adjacent to an activating group) is 2. The molecule has 1 aliphatic rings. The van der Waals surface area contributed by atoms with Crippen LogP contribution in [0.3, 0.4) is 0 Å². The third-order valence-electron chi connectivity index (χ3n) is 14.0. The number of amides is 5. The van der Waals surface area contributed by atoms with E-state index in [1.54, 1.807) is 157 Å². The van der Waals surface area contributed by atoms with E-state index in [0.29, 0.717) is 29.0 Å². The molecule has 1 aliphatic heterocycles. The predicted molar refractivity (Wildman–Crippen MR) is 340 cm³/mol. The van der Waals surface area contributed by atoms with Crippen LogP contribution in [-0.4, -0.2) is 151 Å². The molecule has 22 heteroatoms. The summed E-state index contributed by atoms with van der Waals surface area (Å²) in [4.78, 5) is 130. The lowest BCUT2D eigenvalue weighted by Crippen LogP contribution is -2.46. The quantitative estimate of drug-likeness (QED) is 0.0274. The number of ether oxygens (including phenoxy) is 7. The Hall–Kier alpha value is -8.20. The summed E-state index contributed by atoms with van der Waals surface area (Å²) in [6.07, 6.45) is -2.90. The van der Waals surface area contributed by atoms with Gasteiger partial charge in [0, 0.05) is 86.5 Å². The van der Waals surface area contributed by atoms with E-state index in [9.17, 15) is 33.6 Å². The second-order valence-electron chi connectivity index (χ2n) is 26.4. The number of benzene rings is 4. The Morgan fingerprint density at radius 1 is 0.667 bits per heavy atom. The molecule has 0 unspecified atom stereocenters. The Morgan fingerprint density at radius 3 is 1.84 bits per heavy atom. The first-order chi connectivity index (χ1) is 41.9. The maximum Gasteiger partial charge on any atom is 0.514 e. The van der Waals surface area contributed by atoms with Crippen molar-refractivity contribution in [3.63, 3.8) is 0 Å². The Balaban J connectivity index is 1.66. The minimum atomic E-state index is -1.45. The summed E-state index contributed by atoms with van der Waals surface area (Å²) in [7, 11) is 4.16. The van der Waals surface area contributed by atoms with E-state index in [4.69, 9.17) is 44.8 Å². The number of methoxy groups -OCH3 is 1. The number of carbonyl (C=O) groups excluding carboxylic acids is 9. The lowest BCUT2D eigenvalue weighted by molar-refractivity contribution is -0.146. The van der Waals surface area contributed by atoms with Crippen LogP contribution in [0.15, 0.2) is 84.9 Å². The molecule has 0 aliphatic carbocycles. The van der Waals surface area contributed by atoms with Crippen LogP contribution in [0.2, 0.25) is 5.02 Å². The number of alkyl carbamates (subject to hydrolysis) is 1. The molecule has 2 N–H and O–H groups in total. The molecule has 4 aromatic rings. The monoisotopic (exact) mass is 1270 g/mol. The maximum absolute atomic E-state index is 15.5. The molecule has 0 aromatic heterocycles. The van der Waals surface area contributed by atoms with Crippen molar-refractivity contribution in [1.29, 1.82) is 0 Å². The first kappa shape index (κ1) is 72.5. The van der Waals surface area contributed by atoms with Gasteiger partial charge in [-0.05, 0) is 155 Å². The molecule has 4 aromatic carbocycles. The van der Waals surface area contributed by atoms with Gasteiger partial charge in [-0.25, -0.2) is 24.0 Å². The highest BCUT2D eigenvalue weighted by Crippen LogP contribution is 2.41. The lowest BCUT2D eigenvalue weighted by atomic mass is 9.88. The average Bonchev–Trinajstić information content (AvgIpc) is 0.956. The van der Waals surface area contributed by atoms with Crippen LogP contribution in [0.4, 0.5) is 19.2 Å². The molecule has 0 saturated carbocycles. The van der Waals surface area contributed by atoms with E-state index < -0.39 is 101 Å². The van der Waals surface area contributed by atoms with Crippen molar-refractivity contribution in [1.82, 2.24) is 25.3 Å². The third kappa shape index (κ3) is 23.0. The van der Waals surface area contributed by atoms with Crippen LogP contribution < -0.4 is 20.1 Å². The fourth-order valence-electron chi connectivity index (χ4n) is 9.60. The van der Waals surface area contributed by atoms with E-state index in [-0.39, 0.29) is 86.0 Å². The lowest BCUT2D eigenvalue weighted by Gasteiger charge is -2.32. The molecule has 90 heavy (non-hydrogen) atoms. The second-order valence-corrected chi connectivity index (χ2v) is 26.9. The summed E-state index contributed by atoms with van der Waals surface area (Å²) in [6.45, 7) is 22.1. The Labute approximate surface area is 534 Å². The summed E-state index contributed by atoms with van der Waals surface area (Å²) in [6, 6.07) is 20.9. The SMILES string of the molecule is COC(=O)[C@@H]1Cc2ccc(OC(=O)OC(C)(C)C)c(c2)-c2cc(ccc2OCCN(CCN(C)C(=O)OC(C)(C)C)C(=O)OC(C)(C)C)[C@H](N(C)C(=O)[C@H](CCCCNC(=O)OC(C)(C)C)CC(=O)c2ccc(-c3ccc(Cl)cc3)cc2)C(=O)C[C@@H](C)C(=O)N1. The zero-order valence-electron chi connectivity index (χ0n) is 54.9. The Kier molecular flexibility index (Phi) is 25.4. The highest BCUT2D eigenvalue weighted by molar-refractivity contribution is 6.30. The van der Waals surface area contributed by atoms with Gasteiger partial charge < -0.3 is 58.5 Å². The smallest absolute Gasteiger partial charge is 0.491 e. The number of unbranched alkanes of at least 4 members (excludes halogenated alkanes) is 1. The van der Waals surface area contributed by atoms with Crippen LogP contribution in [-0.2, 0) is 49.3 Å². The molecule has 1 heterocycles. The average molecular weight is 1270 g/mol. The molecule has 21 nitrogen and oxygen atoms in total. The summed E-state index contributed by atoms with van der Waals surface area (Å²) in [5, 5.41) is 6.06. The van der Waals surface area contributed by atoms with Gasteiger partial charge in [0.2, 0.25) is 11.8 Å². The zero-order chi connectivity index (χ0) is 67.1. The summed E-state index contributed by atoms with van der Waals surface area (Å²) in [5.74, 6) is -4.94. The molecule has 0 saturated heterocycles. The first-order valence-electron chi connectivity index (χ1n) is 30.2. The number of hydrogen-bond donors (Lipinski definition) is 2. The second kappa shape index (κ2) is 31.5. The zero-order valence-corrected chi connectivity index (χ0v) is 55.7. The largest absolute Gasteiger partial charge is 0.514 e. The number of Topliss-reactive ketones (excluding diaryl/α,β-unsaturated/α-hetero) is 2. The van der Waals surface area contributed by atoms with Crippen molar-refractivity contribution >= 4 is 65.4 Å². The van der Waals surface area contributed by atoms with E-state index in [1.807, 2.05) is 12.1 Å². The molecular formula is C68H90ClN5O16. The van der Waals surface area contributed by atoms with Gasteiger partial charge in [-0.3, -0.25) is 19.2 Å². The molecule has 5 rings (SSSR count).